The van der Waals surface area contributed by atoms with Crippen LogP contribution >= 0.6 is 0 Å². The Hall–Kier alpha value is -2.66. The fourth-order valence-electron chi connectivity index (χ4n) is 7.42. The minimum absolute atomic E-state index is 0.121. The van der Waals surface area contributed by atoms with Crippen LogP contribution in [-0.2, 0) is 47.6 Å². The highest BCUT2D eigenvalue weighted by molar-refractivity contribution is 5.98. The van der Waals surface area contributed by atoms with Gasteiger partial charge in [0.15, 0.2) is 0 Å². The molecule has 0 aromatic carbocycles. The van der Waals surface area contributed by atoms with Crippen LogP contribution in [0.1, 0.15) is 25.7 Å². The van der Waals surface area contributed by atoms with Crippen molar-refractivity contribution in [2.45, 2.75) is 37.9 Å². The van der Waals surface area contributed by atoms with Gasteiger partial charge in [0.05, 0.1) is 75.5 Å². The van der Waals surface area contributed by atoms with Gasteiger partial charge in [-0.05, 0) is 48.0 Å². The van der Waals surface area contributed by atoms with Crippen LogP contribution in [0, 0.1) is 35.5 Å². The molecule has 4 saturated heterocycles. The van der Waals surface area contributed by atoms with Crippen molar-refractivity contribution in [3.63, 3.8) is 0 Å². The van der Waals surface area contributed by atoms with Gasteiger partial charge in [-0.25, -0.2) is 0 Å². The Morgan fingerprint density at radius 3 is 1.53 bits per heavy atom. The normalized spacial score (nSPS) is 39.8. The van der Waals surface area contributed by atoms with E-state index < -0.39 is 47.5 Å². The van der Waals surface area contributed by atoms with Gasteiger partial charge in [0.25, 0.3) is 0 Å². The zero-order valence-electron chi connectivity index (χ0n) is 20.9. The number of ether oxygens (including phenoxy) is 6. The van der Waals surface area contributed by atoms with E-state index >= 15 is 0 Å². The number of hydrogen-bond donors (Lipinski definition) is 0. The summed E-state index contributed by atoms with van der Waals surface area (Å²) in [5.74, 6) is -3.83. The number of carbonyl (C=O) groups excluding carboxylic acids is 4. The Labute approximate surface area is 219 Å². The second-order valence-corrected chi connectivity index (χ2v) is 11.3. The first-order valence-electron chi connectivity index (χ1n) is 13.5. The maximum Gasteiger partial charge on any atom is 0.318 e. The Bertz CT molecular complexity index is 1090. The molecule has 8 atom stereocenters. The molecule has 38 heavy (non-hydrogen) atoms. The third-order valence-electron chi connectivity index (χ3n) is 9.39. The summed E-state index contributed by atoms with van der Waals surface area (Å²) >= 11 is 0. The summed E-state index contributed by atoms with van der Waals surface area (Å²) in [7, 11) is 0. The second kappa shape index (κ2) is 9.51. The summed E-state index contributed by atoms with van der Waals surface area (Å²) in [5, 5.41) is 0. The van der Waals surface area contributed by atoms with Crippen molar-refractivity contribution in [1.82, 2.24) is 0 Å². The minimum Gasteiger partial charge on any atom is -0.393 e. The molecule has 10 heteroatoms. The molecule has 7 rings (SSSR count). The van der Waals surface area contributed by atoms with Gasteiger partial charge in [0.1, 0.15) is 0 Å². The van der Waals surface area contributed by atoms with Gasteiger partial charge in [0.2, 0.25) is 0 Å². The largest absolute Gasteiger partial charge is 0.393 e. The van der Waals surface area contributed by atoms with Crippen LogP contribution in [0.25, 0.3) is 0 Å². The van der Waals surface area contributed by atoms with Gasteiger partial charge in [-0.1, -0.05) is 12.2 Å². The van der Waals surface area contributed by atoms with Gasteiger partial charge < -0.3 is 28.4 Å². The fourth-order valence-corrected chi connectivity index (χ4v) is 7.42. The summed E-state index contributed by atoms with van der Waals surface area (Å²) in [6, 6.07) is 0. The first-order chi connectivity index (χ1) is 18.5. The predicted octanol–water partition coefficient (Wildman–Crippen LogP) is 1.43. The zero-order chi connectivity index (χ0) is 26.0. The zero-order valence-corrected chi connectivity index (χ0v) is 20.9. The summed E-state index contributed by atoms with van der Waals surface area (Å²) < 4.78 is 34.0. The van der Waals surface area contributed by atoms with Crippen molar-refractivity contribution in [3.8, 4) is 0 Å². The van der Waals surface area contributed by atoms with Gasteiger partial charge in [0, 0.05) is 11.8 Å². The van der Waals surface area contributed by atoms with E-state index in [4.69, 9.17) is 28.4 Å². The first-order valence-corrected chi connectivity index (χ1v) is 13.5. The SMILES string of the molecule is O=C1OC(=O)C2C1CC(CO[C@@H]1CC=CC[C@H]1OCC1=C3COCC3C3C(=O)OC(=O)C3C1)=C1COCC12. The first kappa shape index (κ1) is 24.4. The molecular weight excluding hydrogens is 496 g/mol. The van der Waals surface area contributed by atoms with Gasteiger partial charge in [-0.15, -0.1) is 0 Å². The number of esters is 4. The molecule has 4 aliphatic heterocycles. The average Bonchev–Trinajstić information content (AvgIpc) is 3.69. The highest BCUT2D eigenvalue weighted by atomic mass is 16.6. The molecular formula is C28H30O10. The molecule has 4 fully saturated rings. The third-order valence-corrected chi connectivity index (χ3v) is 9.39. The molecule has 0 aromatic rings. The second-order valence-electron chi connectivity index (χ2n) is 11.3. The average molecular weight is 527 g/mol. The Morgan fingerprint density at radius 1 is 0.632 bits per heavy atom. The summed E-state index contributed by atoms with van der Waals surface area (Å²) in [6.45, 7) is 2.43. The van der Waals surface area contributed by atoms with Crippen LogP contribution < -0.4 is 0 Å². The van der Waals surface area contributed by atoms with E-state index in [1.807, 2.05) is 0 Å². The summed E-state index contributed by atoms with van der Waals surface area (Å²) in [4.78, 5) is 49.1. The Morgan fingerprint density at radius 2 is 1.08 bits per heavy atom. The highest BCUT2D eigenvalue weighted by Crippen LogP contribution is 2.47. The molecule has 7 aliphatic rings. The van der Waals surface area contributed by atoms with Crippen molar-refractivity contribution in [3.05, 3.63) is 34.4 Å². The lowest BCUT2D eigenvalue weighted by atomic mass is 9.71. The van der Waals surface area contributed by atoms with Crippen LogP contribution in [0.4, 0.5) is 0 Å². The number of cyclic esters (lactones) is 4. The van der Waals surface area contributed by atoms with E-state index in [0.29, 0.717) is 65.3 Å². The molecule has 0 amide bonds. The third kappa shape index (κ3) is 3.92. The van der Waals surface area contributed by atoms with Crippen molar-refractivity contribution in [1.29, 1.82) is 0 Å². The molecule has 0 radical (unpaired) electrons. The van der Waals surface area contributed by atoms with Gasteiger partial charge in [-0.2, -0.15) is 0 Å². The molecule has 6 unspecified atom stereocenters. The molecule has 0 spiro atoms. The maximum absolute atomic E-state index is 12.3. The number of rotatable bonds is 6. The number of carbonyl (C=O) groups is 4. The molecule has 0 saturated carbocycles. The lowest BCUT2D eigenvalue weighted by Crippen LogP contribution is -2.37. The lowest BCUT2D eigenvalue weighted by Gasteiger charge is -2.33. The van der Waals surface area contributed by atoms with Crippen LogP contribution in [-0.4, -0.2) is 75.7 Å². The van der Waals surface area contributed by atoms with E-state index in [1.165, 1.54) is 0 Å². The quantitative estimate of drug-likeness (QED) is 0.285. The molecule has 0 aromatic heterocycles. The summed E-state index contributed by atoms with van der Waals surface area (Å²) in [6.07, 6.45) is 6.11. The molecule has 0 N–H and O–H groups in total. The van der Waals surface area contributed by atoms with Crippen molar-refractivity contribution < 1.29 is 47.6 Å². The highest BCUT2D eigenvalue weighted by Gasteiger charge is 2.55. The fraction of sp³-hybridized carbons (Fsp3) is 0.643. The molecule has 0 bridgehead atoms. The smallest absolute Gasteiger partial charge is 0.318 e. The van der Waals surface area contributed by atoms with Crippen molar-refractivity contribution in [2.75, 3.05) is 39.6 Å². The topological polar surface area (TPSA) is 124 Å². The van der Waals surface area contributed by atoms with Crippen LogP contribution in [0.2, 0.25) is 0 Å². The standard InChI is InChI=1S/C28H30O10/c29-25-15-5-13(17-9-33-11-19(17)23(15)27(31)37-25)7-35-21-3-1-2-4-22(21)36-8-14-6-16-24(28(32)38-26(16)30)20-12-34-10-18(14)20/h1-2,15-16,19-24H,3-12H2/t15?,16?,19?,20?,21-,22-,23?,24?/m1/s1. The molecule has 10 nitrogen and oxygen atoms in total. The number of fused-ring (bicyclic) bond motifs is 6. The van der Waals surface area contributed by atoms with Crippen LogP contribution in [0.15, 0.2) is 34.4 Å². The molecule has 4 heterocycles. The molecule has 202 valence electrons. The van der Waals surface area contributed by atoms with E-state index in [1.54, 1.807) is 0 Å². The number of hydrogen-bond acceptors (Lipinski definition) is 10. The predicted molar refractivity (Wildman–Crippen MR) is 126 cm³/mol. The van der Waals surface area contributed by atoms with E-state index in [2.05, 4.69) is 12.2 Å². The van der Waals surface area contributed by atoms with Crippen LogP contribution in [0.5, 0.6) is 0 Å². The van der Waals surface area contributed by atoms with Gasteiger partial charge in [-0.3, -0.25) is 19.2 Å². The Kier molecular flexibility index (Phi) is 6.11. The van der Waals surface area contributed by atoms with E-state index in [-0.39, 0.29) is 24.0 Å². The van der Waals surface area contributed by atoms with E-state index in [9.17, 15) is 19.2 Å². The van der Waals surface area contributed by atoms with Crippen molar-refractivity contribution in [2.24, 2.45) is 35.5 Å². The maximum atomic E-state index is 12.3. The lowest BCUT2D eigenvalue weighted by molar-refractivity contribution is -0.155. The van der Waals surface area contributed by atoms with Crippen molar-refractivity contribution >= 4 is 23.9 Å². The molecule has 3 aliphatic carbocycles. The van der Waals surface area contributed by atoms with Crippen LogP contribution in [0.3, 0.4) is 0 Å². The summed E-state index contributed by atoms with van der Waals surface area (Å²) in [5.41, 5.74) is 4.17. The minimum atomic E-state index is -0.464. The Balaban J connectivity index is 1.03. The monoisotopic (exact) mass is 526 g/mol. The van der Waals surface area contributed by atoms with E-state index in [0.717, 1.165) is 22.3 Å². The van der Waals surface area contributed by atoms with Gasteiger partial charge >= 0.3 is 23.9 Å².